The first-order chi connectivity index (χ1) is 14.3. The van der Waals surface area contributed by atoms with Crippen LogP contribution in [0.5, 0.6) is 0 Å². The Morgan fingerprint density at radius 3 is 2.72 bits per heavy atom. The molecule has 150 valence electrons. The molecule has 0 amide bonds. The van der Waals surface area contributed by atoms with E-state index in [-0.39, 0.29) is 6.73 Å². The summed E-state index contributed by atoms with van der Waals surface area (Å²) in [6.45, 7) is 3.05. The number of para-hydroxylation sites is 1. The second-order valence-electron chi connectivity index (χ2n) is 8.26. The van der Waals surface area contributed by atoms with Crippen LogP contribution in [-0.4, -0.2) is 39.3 Å². The van der Waals surface area contributed by atoms with Crippen molar-refractivity contribution in [2.75, 3.05) is 19.6 Å². The van der Waals surface area contributed by atoms with Crippen LogP contribution in [0.1, 0.15) is 42.1 Å². The number of aromatic nitrogens is 1. The van der Waals surface area contributed by atoms with Gasteiger partial charge in [-0.1, -0.05) is 42.5 Å². The van der Waals surface area contributed by atoms with Gasteiger partial charge in [-0.3, -0.25) is 4.90 Å². The van der Waals surface area contributed by atoms with Gasteiger partial charge < -0.3 is 14.8 Å². The lowest BCUT2D eigenvalue weighted by Crippen LogP contribution is -2.32. The van der Waals surface area contributed by atoms with Crippen LogP contribution in [0.15, 0.2) is 60.3 Å². The molecule has 0 spiro atoms. The van der Waals surface area contributed by atoms with Gasteiger partial charge in [-0.15, -0.1) is 0 Å². The highest BCUT2D eigenvalue weighted by Gasteiger charge is 2.32. The monoisotopic (exact) mass is 388 g/mol. The largest absolute Gasteiger partial charge is 0.384 e. The van der Waals surface area contributed by atoms with Crippen molar-refractivity contribution in [2.24, 2.45) is 0 Å². The Labute approximate surface area is 171 Å². The first kappa shape index (κ1) is 18.6. The zero-order valence-electron chi connectivity index (χ0n) is 16.7. The molecule has 2 heterocycles. The first-order valence-electron chi connectivity index (χ1n) is 10.7. The van der Waals surface area contributed by atoms with Crippen LogP contribution in [0, 0.1) is 0 Å². The van der Waals surface area contributed by atoms with Gasteiger partial charge in [0.1, 0.15) is 12.8 Å². The predicted octanol–water partition coefficient (Wildman–Crippen LogP) is 4.12. The molecule has 4 nitrogen and oxygen atoms in total. The van der Waals surface area contributed by atoms with Gasteiger partial charge in [0.15, 0.2) is 0 Å². The number of hydrogen-bond acceptors (Lipinski definition) is 3. The van der Waals surface area contributed by atoms with Crippen molar-refractivity contribution in [3.63, 3.8) is 0 Å². The van der Waals surface area contributed by atoms with E-state index in [0.29, 0.717) is 0 Å². The third kappa shape index (κ3) is 3.31. The lowest BCUT2D eigenvalue weighted by Gasteiger charge is -2.29. The van der Waals surface area contributed by atoms with Crippen molar-refractivity contribution >= 4 is 16.5 Å². The summed E-state index contributed by atoms with van der Waals surface area (Å²) in [5.41, 5.74) is 7.36. The average Bonchev–Trinajstić information content (AvgIpc) is 3.27. The van der Waals surface area contributed by atoms with E-state index in [2.05, 4.69) is 47.5 Å². The van der Waals surface area contributed by atoms with Crippen molar-refractivity contribution < 1.29 is 10.2 Å². The number of unbranched alkanes of at least 4 members (excludes halogenated alkanes) is 1. The molecule has 0 saturated carbocycles. The minimum atomic E-state index is -0.423. The van der Waals surface area contributed by atoms with Crippen molar-refractivity contribution in [3.8, 4) is 0 Å². The number of benzene rings is 2. The number of aliphatic hydroxyl groups is 2. The van der Waals surface area contributed by atoms with Crippen LogP contribution in [0.3, 0.4) is 0 Å². The number of aryl methyl sites for hydroxylation is 1. The quantitative estimate of drug-likeness (QED) is 0.625. The van der Waals surface area contributed by atoms with Crippen LogP contribution >= 0.6 is 0 Å². The Balaban J connectivity index is 1.18. The molecule has 4 heteroatoms. The van der Waals surface area contributed by atoms with Gasteiger partial charge in [0, 0.05) is 24.7 Å². The molecule has 0 radical (unpaired) electrons. The summed E-state index contributed by atoms with van der Waals surface area (Å²) in [5, 5.41) is 21.6. The number of fused-ring (bicyclic) bond motifs is 3. The molecule has 29 heavy (non-hydrogen) atoms. The third-order valence-electron chi connectivity index (χ3n) is 6.56. The Kier molecular flexibility index (Phi) is 5.00. The normalized spacial score (nSPS) is 19.0. The molecule has 1 aliphatic carbocycles. The minimum Gasteiger partial charge on any atom is -0.384 e. The highest BCUT2D eigenvalue weighted by molar-refractivity contribution is 5.84. The summed E-state index contributed by atoms with van der Waals surface area (Å²) in [6.07, 6.45) is 6.01. The zero-order chi connectivity index (χ0) is 19.8. The highest BCUT2D eigenvalue weighted by Crippen LogP contribution is 2.44. The summed E-state index contributed by atoms with van der Waals surface area (Å²) < 4.78 is 1.92. The van der Waals surface area contributed by atoms with Crippen molar-refractivity contribution in [1.82, 2.24) is 9.47 Å². The van der Waals surface area contributed by atoms with E-state index in [9.17, 15) is 10.2 Å². The minimum absolute atomic E-state index is 0.0243. The van der Waals surface area contributed by atoms with Crippen LogP contribution < -0.4 is 0 Å². The van der Waals surface area contributed by atoms with Crippen LogP contribution in [0.2, 0.25) is 0 Å². The second kappa shape index (κ2) is 7.79. The van der Waals surface area contributed by atoms with E-state index in [0.717, 1.165) is 56.4 Å². The fourth-order valence-corrected chi connectivity index (χ4v) is 5.08. The number of rotatable bonds is 6. The summed E-state index contributed by atoms with van der Waals surface area (Å²) in [5.74, 6) is 0. The van der Waals surface area contributed by atoms with Crippen molar-refractivity contribution in [3.05, 3.63) is 77.0 Å². The third-order valence-corrected chi connectivity index (χ3v) is 6.56. The second-order valence-corrected chi connectivity index (χ2v) is 8.26. The van der Waals surface area contributed by atoms with Gasteiger partial charge in [-0.2, -0.15) is 0 Å². The Morgan fingerprint density at radius 2 is 1.83 bits per heavy atom. The standard InChI is InChI=1S/C25H28N2O2/c28-17-27-15-18(19-8-3-4-11-24(19)27)7-5-6-13-26-14-12-21-20-9-1-2-10-22(20)25(29)23(21)16-26/h1-4,8-11,15,25,28-29H,5-7,12-14,16-17H2. The lowest BCUT2D eigenvalue weighted by atomic mass is 9.98. The molecule has 1 atom stereocenters. The van der Waals surface area contributed by atoms with E-state index in [1.54, 1.807) is 0 Å². The smallest absolute Gasteiger partial charge is 0.119 e. The molecule has 0 saturated heterocycles. The average molecular weight is 389 g/mol. The number of hydrogen-bond donors (Lipinski definition) is 2. The van der Waals surface area contributed by atoms with E-state index in [1.807, 2.05) is 16.7 Å². The Bertz CT molecular complexity index is 1070. The molecule has 1 unspecified atom stereocenters. The topological polar surface area (TPSA) is 48.6 Å². The summed E-state index contributed by atoms with van der Waals surface area (Å²) in [4.78, 5) is 2.49. The van der Waals surface area contributed by atoms with Crippen molar-refractivity contribution in [1.29, 1.82) is 0 Å². The Hall–Kier alpha value is -2.40. The molecule has 1 aromatic heterocycles. The fraction of sp³-hybridized carbons (Fsp3) is 0.360. The molecule has 5 rings (SSSR count). The van der Waals surface area contributed by atoms with Gasteiger partial charge in [-0.05, 0) is 66.1 Å². The molecule has 0 fully saturated rings. The molecular weight excluding hydrogens is 360 g/mol. The lowest BCUT2D eigenvalue weighted by molar-refractivity contribution is 0.193. The van der Waals surface area contributed by atoms with Gasteiger partial charge in [0.05, 0.1) is 5.52 Å². The van der Waals surface area contributed by atoms with E-state index in [4.69, 9.17) is 0 Å². The van der Waals surface area contributed by atoms with E-state index < -0.39 is 6.10 Å². The van der Waals surface area contributed by atoms with Gasteiger partial charge in [0.25, 0.3) is 0 Å². The predicted molar refractivity (Wildman–Crippen MR) is 116 cm³/mol. The summed E-state index contributed by atoms with van der Waals surface area (Å²) >= 11 is 0. The Morgan fingerprint density at radius 1 is 1.00 bits per heavy atom. The molecule has 0 bridgehead atoms. The summed E-state index contributed by atoms with van der Waals surface area (Å²) in [6, 6.07) is 16.6. The molecule has 1 aliphatic heterocycles. The molecular formula is C25H28N2O2. The SMILES string of the molecule is OCn1cc(CCCCN2CCC3=C(C2)C(O)c2ccccc23)c2ccccc21. The van der Waals surface area contributed by atoms with Gasteiger partial charge >= 0.3 is 0 Å². The van der Waals surface area contributed by atoms with Gasteiger partial charge in [-0.25, -0.2) is 0 Å². The van der Waals surface area contributed by atoms with Gasteiger partial charge in [0.2, 0.25) is 0 Å². The molecule has 2 aromatic carbocycles. The first-order valence-corrected chi connectivity index (χ1v) is 10.7. The van der Waals surface area contributed by atoms with E-state index >= 15 is 0 Å². The highest BCUT2D eigenvalue weighted by atomic mass is 16.3. The summed E-state index contributed by atoms with van der Waals surface area (Å²) in [7, 11) is 0. The maximum absolute atomic E-state index is 10.7. The molecule has 3 aromatic rings. The maximum Gasteiger partial charge on any atom is 0.119 e. The zero-order valence-corrected chi connectivity index (χ0v) is 16.7. The number of nitrogens with zero attached hydrogens (tertiary/aromatic N) is 2. The van der Waals surface area contributed by atoms with Crippen molar-refractivity contribution in [2.45, 2.75) is 38.5 Å². The van der Waals surface area contributed by atoms with Crippen LogP contribution in [0.25, 0.3) is 16.5 Å². The van der Waals surface area contributed by atoms with Crippen LogP contribution in [-0.2, 0) is 13.2 Å². The van der Waals surface area contributed by atoms with E-state index in [1.165, 1.54) is 27.7 Å². The molecule has 2 aliphatic rings. The molecule has 2 N–H and O–H groups in total. The number of aliphatic hydroxyl groups excluding tert-OH is 2. The fourth-order valence-electron chi connectivity index (χ4n) is 5.08. The van der Waals surface area contributed by atoms with Crippen LogP contribution in [0.4, 0.5) is 0 Å². The maximum atomic E-state index is 10.7.